The van der Waals surface area contributed by atoms with Gasteiger partial charge >= 0.3 is 5.97 Å². The third-order valence-corrected chi connectivity index (χ3v) is 2.33. The Hall–Kier alpha value is -2.36. The maximum Gasteiger partial charge on any atom is 0.351 e. The summed E-state index contributed by atoms with van der Waals surface area (Å²) < 4.78 is 4.83. The van der Waals surface area contributed by atoms with Crippen LogP contribution in [0, 0.1) is 0 Å². The van der Waals surface area contributed by atoms with E-state index in [0.29, 0.717) is 0 Å². The number of cyclic esters (lactones) is 1. The van der Waals surface area contributed by atoms with Gasteiger partial charge in [0.05, 0.1) is 0 Å². The van der Waals surface area contributed by atoms with Crippen molar-refractivity contribution in [3.8, 4) is 0 Å². The Kier molecular flexibility index (Phi) is 2.78. The highest BCUT2D eigenvalue weighted by Crippen LogP contribution is 2.26. The first-order valence-electron chi connectivity index (χ1n) is 5.03. The molecule has 17 heavy (non-hydrogen) atoms. The average Bonchev–Trinajstić information content (AvgIpc) is 2.55. The second-order valence-corrected chi connectivity index (χ2v) is 3.59. The second-order valence-electron chi connectivity index (χ2n) is 3.59. The molecule has 1 aliphatic heterocycles. The largest absolute Gasteiger partial charge is 0.504 e. The molecule has 1 aromatic carbocycles. The van der Waals surface area contributed by atoms with Crippen LogP contribution in [0.15, 0.2) is 47.4 Å². The van der Waals surface area contributed by atoms with E-state index in [4.69, 9.17) is 4.74 Å². The topological polar surface area (TPSA) is 63.6 Å². The summed E-state index contributed by atoms with van der Waals surface area (Å²) in [6, 6.07) is 9.06. The SMILES string of the molecule is CC(=O)C1=C(O)/C(=C/c2ccccc2)OC1=O. The number of rotatable bonds is 2. The van der Waals surface area contributed by atoms with Crippen molar-refractivity contribution in [1.82, 2.24) is 0 Å². The molecule has 2 rings (SSSR count). The van der Waals surface area contributed by atoms with Crippen LogP contribution >= 0.6 is 0 Å². The molecule has 0 unspecified atom stereocenters. The number of ether oxygens (including phenoxy) is 1. The van der Waals surface area contributed by atoms with Crippen LogP contribution in [0.4, 0.5) is 0 Å². The fourth-order valence-corrected chi connectivity index (χ4v) is 1.53. The third kappa shape index (κ3) is 2.10. The molecule has 0 aliphatic carbocycles. The van der Waals surface area contributed by atoms with E-state index in [1.165, 1.54) is 13.0 Å². The number of hydrogen-bond donors (Lipinski definition) is 1. The Morgan fingerprint density at radius 1 is 1.29 bits per heavy atom. The summed E-state index contributed by atoms with van der Waals surface area (Å²) in [6.07, 6.45) is 1.50. The quantitative estimate of drug-likeness (QED) is 0.623. The number of Topliss-reactive ketones (excluding diaryl/α,β-unsaturated/α-hetero) is 1. The molecule has 4 nitrogen and oxygen atoms in total. The van der Waals surface area contributed by atoms with E-state index in [1.807, 2.05) is 18.2 Å². The molecule has 0 spiro atoms. The van der Waals surface area contributed by atoms with Crippen LogP contribution in [0.5, 0.6) is 0 Å². The van der Waals surface area contributed by atoms with Crippen LogP contribution in [-0.2, 0) is 14.3 Å². The van der Waals surface area contributed by atoms with Gasteiger partial charge in [-0.05, 0) is 18.6 Å². The van der Waals surface area contributed by atoms with E-state index < -0.39 is 17.5 Å². The predicted octanol–water partition coefficient (Wildman–Crippen LogP) is 1.99. The van der Waals surface area contributed by atoms with Gasteiger partial charge in [0, 0.05) is 0 Å². The van der Waals surface area contributed by atoms with Crippen molar-refractivity contribution in [3.05, 3.63) is 53.0 Å². The first-order valence-corrected chi connectivity index (χ1v) is 5.03. The predicted molar refractivity (Wildman–Crippen MR) is 60.8 cm³/mol. The van der Waals surface area contributed by atoms with Gasteiger partial charge in [-0.2, -0.15) is 0 Å². The van der Waals surface area contributed by atoms with Crippen molar-refractivity contribution >= 4 is 17.8 Å². The molecule has 1 N–H and O–H groups in total. The van der Waals surface area contributed by atoms with E-state index in [9.17, 15) is 14.7 Å². The van der Waals surface area contributed by atoms with Gasteiger partial charge in [-0.1, -0.05) is 30.3 Å². The van der Waals surface area contributed by atoms with Crippen LogP contribution in [0.1, 0.15) is 12.5 Å². The maximum absolute atomic E-state index is 11.3. The van der Waals surface area contributed by atoms with E-state index in [2.05, 4.69) is 0 Å². The summed E-state index contributed by atoms with van der Waals surface area (Å²) in [7, 11) is 0. The van der Waals surface area contributed by atoms with Gasteiger partial charge in [-0.25, -0.2) is 4.79 Å². The van der Waals surface area contributed by atoms with Crippen LogP contribution in [0.25, 0.3) is 6.08 Å². The molecule has 0 aromatic heterocycles. The van der Waals surface area contributed by atoms with Crippen LogP contribution in [0.3, 0.4) is 0 Å². The number of hydrogen-bond acceptors (Lipinski definition) is 4. The van der Waals surface area contributed by atoms with Crippen molar-refractivity contribution in [2.24, 2.45) is 0 Å². The minimum absolute atomic E-state index is 0.00593. The summed E-state index contributed by atoms with van der Waals surface area (Å²) in [5.74, 6) is -1.71. The van der Waals surface area contributed by atoms with Crippen LogP contribution in [-0.4, -0.2) is 16.9 Å². The van der Waals surface area contributed by atoms with Gasteiger partial charge < -0.3 is 9.84 Å². The Morgan fingerprint density at radius 2 is 1.94 bits per heavy atom. The maximum atomic E-state index is 11.3. The minimum Gasteiger partial charge on any atom is -0.504 e. The summed E-state index contributed by atoms with van der Waals surface area (Å²) in [6.45, 7) is 1.21. The molecular weight excluding hydrogens is 220 g/mol. The van der Waals surface area contributed by atoms with Gasteiger partial charge in [0.15, 0.2) is 17.3 Å². The van der Waals surface area contributed by atoms with Crippen molar-refractivity contribution in [2.75, 3.05) is 0 Å². The van der Waals surface area contributed by atoms with E-state index >= 15 is 0 Å². The fraction of sp³-hybridized carbons (Fsp3) is 0.0769. The average molecular weight is 230 g/mol. The molecular formula is C13H10O4. The molecule has 0 radical (unpaired) electrons. The number of aliphatic hydroxyl groups is 1. The Labute approximate surface area is 97.8 Å². The van der Waals surface area contributed by atoms with Gasteiger partial charge in [0.25, 0.3) is 0 Å². The van der Waals surface area contributed by atoms with E-state index in [1.54, 1.807) is 12.1 Å². The smallest absolute Gasteiger partial charge is 0.351 e. The lowest BCUT2D eigenvalue weighted by Gasteiger charge is -1.97. The zero-order chi connectivity index (χ0) is 12.4. The zero-order valence-corrected chi connectivity index (χ0v) is 9.14. The molecule has 0 fully saturated rings. The van der Waals surface area contributed by atoms with Crippen molar-refractivity contribution in [1.29, 1.82) is 0 Å². The molecule has 0 saturated heterocycles. The molecule has 86 valence electrons. The highest BCUT2D eigenvalue weighted by molar-refractivity contribution is 6.19. The lowest BCUT2D eigenvalue weighted by Crippen LogP contribution is -2.06. The molecule has 1 aliphatic rings. The Balaban J connectivity index is 2.41. The molecule has 0 atom stereocenters. The third-order valence-electron chi connectivity index (χ3n) is 2.33. The number of esters is 1. The van der Waals surface area contributed by atoms with Gasteiger partial charge in [0.1, 0.15) is 5.57 Å². The second kappa shape index (κ2) is 4.25. The molecule has 1 heterocycles. The highest BCUT2D eigenvalue weighted by atomic mass is 16.6. The van der Waals surface area contributed by atoms with Gasteiger partial charge in [-0.3, -0.25) is 4.79 Å². The van der Waals surface area contributed by atoms with Crippen molar-refractivity contribution in [3.63, 3.8) is 0 Å². The molecule has 0 saturated carbocycles. The molecule has 1 aromatic rings. The minimum atomic E-state index is -0.808. The number of benzene rings is 1. The number of ketones is 1. The first-order chi connectivity index (χ1) is 8.09. The monoisotopic (exact) mass is 230 g/mol. The summed E-state index contributed by atoms with van der Waals surface area (Å²) in [5.41, 5.74) is 0.471. The number of carbonyl (C=O) groups excluding carboxylic acids is 2. The normalized spacial score (nSPS) is 17.5. The first kappa shape index (κ1) is 11.1. The standard InChI is InChI=1S/C13H10O4/c1-8(14)11-12(15)10(17-13(11)16)7-9-5-3-2-4-6-9/h2-7,15H,1H3/b10-7-. The van der Waals surface area contributed by atoms with Gasteiger partial charge in [0.2, 0.25) is 0 Å². The fourth-order valence-electron chi connectivity index (χ4n) is 1.53. The lowest BCUT2D eigenvalue weighted by atomic mass is 10.1. The molecule has 0 bridgehead atoms. The summed E-state index contributed by atoms with van der Waals surface area (Å²) in [4.78, 5) is 22.4. The summed E-state index contributed by atoms with van der Waals surface area (Å²) >= 11 is 0. The Morgan fingerprint density at radius 3 is 2.47 bits per heavy atom. The molecule has 0 amide bonds. The van der Waals surface area contributed by atoms with Crippen LogP contribution in [0.2, 0.25) is 0 Å². The van der Waals surface area contributed by atoms with Gasteiger partial charge in [-0.15, -0.1) is 0 Å². The number of carbonyl (C=O) groups is 2. The van der Waals surface area contributed by atoms with E-state index in [-0.39, 0.29) is 11.3 Å². The number of aliphatic hydroxyl groups excluding tert-OH is 1. The van der Waals surface area contributed by atoms with Crippen LogP contribution < -0.4 is 0 Å². The Bertz CT molecular complexity index is 538. The lowest BCUT2D eigenvalue weighted by molar-refractivity contribution is -0.134. The zero-order valence-electron chi connectivity index (χ0n) is 9.14. The van der Waals surface area contributed by atoms with Crippen molar-refractivity contribution < 1.29 is 19.4 Å². The highest BCUT2D eigenvalue weighted by Gasteiger charge is 2.32. The summed E-state index contributed by atoms with van der Waals surface area (Å²) in [5, 5.41) is 9.70. The molecule has 4 heteroatoms. The van der Waals surface area contributed by atoms with Crippen molar-refractivity contribution in [2.45, 2.75) is 6.92 Å². The van der Waals surface area contributed by atoms with E-state index in [0.717, 1.165) is 5.56 Å².